The summed E-state index contributed by atoms with van der Waals surface area (Å²) in [6.07, 6.45) is 3.37. The predicted molar refractivity (Wildman–Crippen MR) is 65.2 cm³/mol. The van der Waals surface area contributed by atoms with Gasteiger partial charge < -0.3 is 4.42 Å². The lowest BCUT2D eigenvalue weighted by molar-refractivity contribution is 0.327. The molecule has 0 aliphatic heterocycles. The number of nitrogens with two attached hydrogens (primary N) is 1. The van der Waals surface area contributed by atoms with E-state index in [0.29, 0.717) is 5.92 Å². The highest BCUT2D eigenvalue weighted by atomic mass is 79.9. The summed E-state index contributed by atoms with van der Waals surface area (Å²) in [5.41, 5.74) is 2.82. The van der Waals surface area contributed by atoms with Gasteiger partial charge in [-0.25, -0.2) is 5.43 Å². The van der Waals surface area contributed by atoms with E-state index in [1.165, 1.54) is 12.8 Å². The van der Waals surface area contributed by atoms with Crippen LogP contribution in [0.15, 0.2) is 21.2 Å². The number of hydrogen-bond acceptors (Lipinski definition) is 3. The van der Waals surface area contributed by atoms with Crippen LogP contribution in [0.5, 0.6) is 0 Å². The zero-order valence-corrected chi connectivity index (χ0v) is 10.9. The van der Waals surface area contributed by atoms with E-state index in [1.54, 1.807) is 0 Å². The second-order valence-corrected chi connectivity index (χ2v) is 4.56. The summed E-state index contributed by atoms with van der Waals surface area (Å²) >= 11 is 3.29. The topological polar surface area (TPSA) is 51.2 Å². The summed E-state index contributed by atoms with van der Waals surface area (Å²) in [7, 11) is 0. The lowest BCUT2D eigenvalue weighted by Gasteiger charge is -2.19. The van der Waals surface area contributed by atoms with Gasteiger partial charge in [0, 0.05) is 0 Å². The molecule has 0 radical (unpaired) electrons. The molecule has 0 aliphatic rings. The van der Waals surface area contributed by atoms with Gasteiger partial charge in [0.1, 0.15) is 5.76 Å². The average Bonchev–Trinajstić information content (AvgIpc) is 2.67. The van der Waals surface area contributed by atoms with Crippen molar-refractivity contribution in [3.63, 3.8) is 0 Å². The molecule has 15 heavy (non-hydrogen) atoms. The zero-order chi connectivity index (χ0) is 11.3. The number of rotatable bonds is 6. The third kappa shape index (κ3) is 3.63. The highest BCUT2D eigenvalue weighted by Crippen LogP contribution is 2.27. The third-order valence-corrected chi connectivity index (χ3v) is 3.29. The summed E-state index contributed by atoms with van der Waals surface area (Å²) in [5.74, 6) is 7.14. The molecule has 1 atom stereocenters. The van der Waals surface area contributed by atoms with E-state index >= 15 is 0 Å². The SMILES string of the molecule is CCC(CC)CC(NN)c1ccc(Br)o1. The number of nitrogens with one attached hydrogen (secondary N) is 1. The monoisotopic (exact) mass is 274 g/mol. The second-order valence-electron chi connectivity index (χ2n) is 3.78. The van der Waals surface area contributed by atoms with Gasteiger partial charge in [-0.1, -0.05) is 26.7 Å². The maximum absolute atomic E-state index is 5.55. The van der Waals surface area contributed by atoms with E-state index in [9.17, 15) is 0 Å². The van der Waals surface area contributed by atoms with Gasteiger partial charge in [-0.2, -0.15) is 0 Å². The molecule has 1 aromatic rings. The van der Waals surface area contributed by atoms with Crippen molar-refractivity contribution in [3.05, 3.63) is 22.6 Å². The Balaban J connectivity index is 2.63. The van der Waals surface area contributed by atoms with E-state index in [-0.39, 0.29) is 6.04 Å². The first-order chi connectivity index (χ1) is 7.21. The molecule has 3 nitrogen and oxygen atoms in total. The molecule has 1 aromatic heterocycles. The van der Waals surface area contributed by atoms with Crippen LogP contribution in [0, 0.1) is 5.92 Å². The minimum Gasteiger partial charge on any atom is -0.453 e. The first kappa shape index (κ1) is 12.7. The summed E-state index contributed by atoms with van der Waals surface area (Å²) < 4.78 is 6.25. The van der Waals surface area contributed by atoms with Crippen molar-refractivity contribution in [3.8, 4) is 0 Å². The Bertz CT molecular complexity index is 284. The van der Waals surface area contributed by atoms with Crippen LogP contribution in [0.3, 0.4) is 0 Å². The van der Waals surface area contributed by atoms with E-state index in [2.05, 4.69) is 35.2 Å². The Kier molecular flexibility index (Phi) is 5.36. The summed E-state index contributed by atoms with van der Waals surface area (Å²) in [6, 6.07) is 3.96. The van der Waals surface area contributed by atoms with Crippen molar-refractivity contribution in [2.24, 2.45) is 11.8 Å². The molecule has 0 aromatic carbocycles. The number of hydrogen-bond donors (Lipinski definition) is 2. The van der Waals surface area contributed by atoms with Crippen LogP contribution in [0.1, 0.15) is 44.9 Å². The molecule has 0 bridgehead atoms. The average molecular weight is 275 g/mol. The Morgan fingerprint density at radius 3 is 2.47 bits per heavy atom. The second kappa shape index (κ2) is 6.30. The summed E-state index contributed by atoms with van der Waals surface area (Å²) in [4.78, 5) is 0. The third-order valence-electron chi connectivity index (χ3n) is 2.86. The van der Waals surface area contributed by atoms with Crippen molar-refractivity contribution in [1.29, 1.82) is 0 Å². The van der Waals surface area contributed by atoms with Gasteiger partial charge in [0.05, 0.1) is 6.04 Å². The Morgan fingerprint density at radius 1 is 1.40 bits per heavy atom. The minimum atomic E-state index is 0.112. The molecule has 0 saturated heterocycles. The van der Waals surface area contributed by atoms with Crippen LogP contribution < -0.4 is 11.3 Å². The van der Waals surface area contributed by atoms with Crippen LogP contribution in [0.2, 0.25) is 0 Å². The number of hydrazine groups is 1. The van der Waals surface area contributed by atoms with Gasteiger partial charge in [0.25, 0.3) is 0 Å². The summed E-state index contributed by atoms with van der Waals surface area (Å²) in [6.45, 7) is 4.42. The normalized spacial score (nSPS) is 13.4. The Hall–Kier alpha value is -0.320. The standard InChI is InChI=1S/C11H19BrN2O/c1-3-8(4-2)7-9(14-13)10-5-6-11(12)15-10/h5-6,8-9,14H,3-4,7,13H2,1-2H3. The predicted octanol–water partition coefficient (Wildman–Crippen LogP) is 3.37. The van der Waals surface area contributed by atoms with Crippen LogP contribution in [0.25, 0.3) is 0 Å². The number of halogens is 1. The lowest BCUT2D eigenvalue weighted by atomic mass is 9.94. The molecule has 86 valence electrons. The minimum absolute atomic E-state index is 0.112. The molecule has 0 aliphatic carbocycles. The first-order valence-corrected chi connectivity index (χ1v) is 6.21. The van der Waals surface area contributed by atoms with Crippen molar-refractivity contribution < 1.29 is 4.42 Å². The highest BCUT2D eigenvalue weighted by molar-refractivity contribution is 9.10. The van der Waals surface area contributed by atoms with Gasteiger partial charge in [-0.05, 0) is 40.4 Å². The molecular formula is C11H19BrN2O. The quantitative estimate of drug-likeness (QED) is 0.618. The van der Waals surface area contributed by atoms with Crippen LogP contribution in [0.4, 0.5) is 0 Å². The molecular weight excluding hydrogens is 256 g/mol. The van der Waals surface area contributed by atoms with Gasteiger partial charge in [-0.15, -0.1) is 0 Å². The maximum Gasteiger partial charge on any atom is 0.169 e. The van der Waals surface area contributed by atoms with Gasteiger partial charge in [0.15, 0.2) is 4.67 Å². The van der Waals surface area contributed by atoms with Crippen LogP contribution in [-0.2, 0) is 0 Å². The van der Waals surface area contributed by atoms with Gasteiger partial charge in [-0.3, -0.25) is 5.84 Å². The molecule has 1 unspecified atom stereocenters. The molecule has 1 rings (SSSR count). The Labute approximate surface area is 99.5 Å². The molecule has 4 heteroatoms. The van der Waals surface area contributed by atoms with E-state index < -0.39 is 0 Å². The lowest BCUT2D eigenvalue weighted by Crippen LogP contribution is -2.29. The fourth-order valence-corrected chi connectivity index (χ4v) is 2.06. The van der Waals surface area contributed by atoms with Crippen molar-refractivity contribution >= 4 is 15.9 Å². The first-order valence-electron chi connectivity index (χ1n) is 5.42. The highest BCUT2D eigenvalue weighted by Gasteiger charge is 2.17. The van der Waals surface area contributed by atoms with E-state index in [0.717, 1.165) is 16.9 Å². The van der Waals surface area contributed by atoms with Crippen LogP contribution in [-0.4, -0.2) is 0 Å². The molecule has 3 N–H and O–H groups in total. The van der Waals surface area contributed by atoms with Gasteiger partial charge in [0.2, 0.25) is 0 Å². The smallest absolute Gasteiger partial charge is 0.169 e. The molecule has 0 amide bonds. The molecule has 1 heterocycles. The number of furan rings is 1. The van der Waals surface area contributed by atoms with Gasteiger partial charge >= 0.3 is 0 Å². The fraction of sp³-hybridized carbons (Fsp3) is 0.636. The van der Waals surface area contributed by atoms with E-state index in [4.69, 9.17) is 10.3 Å². The van der Waals surface area contributed by atoms with Crippen molar-refractivity contribution in [2.45, 2.75) is 39.2 Å². The molecule has 0 fully saturated rings. The fourth-order valence-electron chi connectivity index (χ4n) is 1.74. The zero-order valence-electron chi connectivity index (χ0n) is 9.29. The molecule has 0 spiro atoms. The Morgan fingerprint density at radius 2 is 2.07 bits per heavy atom. The van der Waals surface area contributed by atoms with Crippen molar-refractivity contribution in [1.82, 2.24) is 5.43 Å². The van der Waals surface area contributed by atoms with E-state index in [1.807, 2.05) is 12.1 Å². The van der Waals surface area contributed by atoms with Crippen LogP contribution >= 0.6 is 15.9 Å². The molecule has 0 saturated carbocycles. The van der Waals surface area contributed by atoms with Crippen molar-refractivity contribution in [2.75, 3.05) is 0 Å². The largest absolute Gasteiger partial charge is 0.453 e. The maximum atomic E-state index is 5.55. The summed E-state index contributed by atoms with van der Waals surface area (Å²) in [5, 5.41) is 0.